The van der Waals surface area contributed by atoms with Crippen molar-refractivity contribution in [2.75, 3.05) is 6.54 Å². The second kappa shape index (κ2) is 6.87. The third-order valence-electron chi connectivity index (χ3n) is 3.21. The van der Waals surface area contributed by atoms with Gasteiger partial charge in [-0.05, 0) is 43.1 Å². The Morgan fingerprint density at radius 1 is 1.10 bits per heavy atom. The first-order valence-electron chi connectivity index (χ1n) is 6.73. The smallest absolute Gasteiger partial charge is 0.335 e. The molecule has 0 saturated heterocycles. The fraction of sp³-hybridized carbons (Fsp3) is 0.235. The van der Waals surface area contributed by atoms with Crippen molar-refractivity contribution in [1.82, 2.24) is 5.32 Å². The fourth-order valence-electron chi connectivity index (χ4n) is 2.03. The molecule has 2 N–H and O–H groups in total. The fourth-order valence-corrected chi connectivity index (χ4v) is 2.03. The summed E-state index contributed by atoms with van der Waals surface area (Å²) in [7, 11) is 0. The number of aryl methyl sites for hydroxylation is 1. The lowest BCUT2D eigenvalue weighted by molar-refractivity contribution is 0.0696. The van der Waals surface area contributed by atoms with Crippen LogP contribution in [0.3, 0.4) is 0 Å². The van der Waals surface area contributed by atoms with Gasteiger partial charge >= 0.3 is 5.97 Å². The average molecular weight is 269 g/mol. The highest BCUT2D eigenvalue weighted by Crippen LogP contribution is 2.06. The van der Waals surface area contributed by atoms with Crippen molar-refractivity contribution >= 4 is 5.97 Å². The van der Waals surface area contributed by atoms with Crippen molar-refractivity contribution in [3.63, 3.8) is 0 Å². The first kappa shape index (κ1) is 14.3. The Balaban J connectivity index is 1.79. The summed E-state index contributed by atoms with van der Waals surface area (Å²) in [5.41, 5.74) is 3.91. The summed E-state index contributed by atoms with van der Waals surface area (Å²) in [4.78, 5) is 10.9. The molecule has 0 aliphatic heterocycles. The molecule has 0 atom stereocenters. The molecule has 3 heteroatoms. The molecule has 0 aliphatic rings. The van der Waals surface area contributed by atoms with Crippen LogP contribution in [0, 0.1) is 6.92 Å². The highest BCUT2D eigenvalue weighted by Gasteiger charge is 2.02. The number of rotatable bonds is 6. The zero-order valence-electron chi connectivity index (χ0n) is 11.6. The minimum atomic E-state index is -0.883. The van der Waals surface area contributed by atoms with Crippen molar-refractivity contribution in [3.8, 4) is 0 Å². The van der Waals surface area contributed by atoms with Crippen molar-refractivity contribution in [2.24, 2.45) is 0 Å². The second-order valence-corrected chi connectivity index (χ2v) is 4.92. The minimum Gasteiger partial charge on any atom is -0.478 e. The summed E-state index contributed by atoms with van der Waals surface area (Å²) in [6, 6.07) is 15.5. The molecule has 0 unspecified atom stereocenters. The van der Waals surface area contributed by atoms with Gasteiger partial charge in [-0.1, -0.05) is 42.0 Å². The molecule has 0 aliphatic carbocycles. The van der Waals surface area contributed by atoms with Gasteiger partial charge in [0.25, 0.3) is 0 Å². The molecule has 2 aromatic carbocycles. The normalized spacial score (nSPS) is 10.4. The molecule has 0 spiro atoms. The Kier molecular flexibility index (Phi) is 4.91. The van der Waals surface area contributed by atoms with Gasteiger partial charge in [0.2, 0.25) is 0 Å². The van der Waals surface area contributed by atoms with E-state index >= 15 is 0 Å². The van der Waals surface area contributed by atoms with Crippen LogP contribution in [0.5, 0.6) is 0 Å². The number of benzene rings is 2. The average Bonchev–Trinajstić information content (AvgIpc) is 2.46. The molecule has 0 fully saturated rings. The first-order chi connectivity index (χ1) is 9.65. The number of hydrogen-bond acceptors (Lipinski definition) is 2. The molecule has 3 nitrogen and oxygen atoms in total. The highest BCUT2D eigenvalue weighted by molar-refractivity contribution is 5.87. The molecule has 0 aromatic heterocycles. The highest BCUT2D eigenvalue weighted by atomic mass is 16.4. The van der Waals surface area contributed by atoms with E-state index in [1.165, 1.54) is 11.1 Å². The first-order valence-corrected chi connectivity index (χ1v) is 6.73. The van der Waals surface area contributed by atoms with E-state index < -0.39 is 5.97 Å². The predicted octanol–water partition coefficient (Wildman–Crippen LogP) is 3.03. The number of hydrogen-bond donors (Lipinski definition) is 2. The van der Waals surface area contributed by atoms with Crippen LogP contribution in [0.2, 0.25) is 0 Å². The van der Waals surface area contributed by atoms with E-state index in [0.29, 0.717) is 12.1 Å². The summed E-state index contributed by atoms with van der Waals surface area (Å²) in [6.07, 6.45) is 0.971. The maximum atomic E-state index is 10.9. The van der Waals surface area contributed by atoms with E-state index in [0.717, 1.165) is 18.5 Å². The number of nitrogens with one attached hydrogen (secondary N) is 1. The molecular weight excluding hydrogens is 250 g/mol. The van der Waals surface area contributed by atoms with E-state index in [2.05, 4.69) is 36.5 Å². The van der Waals surface area contributed by atoms with Gasteiger partial charge in [-0.3, -0.25) is 0 Å². The third kappa shape index (κ3) is 4.21. The lowest BCUT2D eigenvalue weighted by Gasteiger charge is -2.06. The zero-order chi connectivity index (χ0) is 14.4. The summed E-state index contributed by atoms with van der Waals surface area (Å²) >= 11 is 0. The lowest BCUT2D eigenvalue weighted by atomic mass is 10.1. The van der Waals surface area contributed by atoms with E-state index in [1.54, 1.807) is 18.2 Å². The van der Waals surface area contributed by atoms with Gasteiger partial charge in [0.15, 0.2) is 0 Å². The quantitative estimate of drug-likeness (QED) is 0.792. The Hall–Kier alpha value is -2.13. The van der Waals surface area contributed by atoms with E-state index in [4.69, 9.17) is 5.11 Å². The van der Waals surface area contributed by atoms with Gasteiger partial charge in [-0.2, -0.15) is 0 Å². The van der Waals surface area contributed by atoms with Gasteiger partial charge in [-0.15, -0.1) is 0 Å². The Morgan fingerprint density at radius 3 is 2.55 bits per heavy atom. The van der Waals surface area contributed by atoms with Crippen molar-refractivity contribution in [2.45, 2.75) is 19.9 Å². The third-order valence-corrected chi connectivity index (χ3v) is 3.21. The molecule has 0 amide bonds. The van der Waals surface area contributed by atoms with Crippen molar-refractivity contribution in [3.05, 3.63) is 70.8 Å². The molecular formula is C17H19NO2. The van der Waals surface area contributed by atoms with Gasteiger partial charge in [0.05, 0.1) is 5.56 Å². The SMILES string of the molecule is Cc1ccc(CCNCc2cccc(C(=O)O)c2)cc1. The van der Waals surface area contributed by atoms with Crippen molar-refractivity contribution in [1.29, 1.82) is 0 Å². The van der Waals surface area contributed by atoms with Crippen LogP contribution in [0.15, 0.2) is 48.5 Å². The van der Waals surface area contributed by atoms with E-state index in [1.807, 2.05) is 6.07 Å². The predicted molar refractivity (Wildman–Crippen MR) is 80.0 cm³/mol. The monoisotopic (exact) mass is 269 g/mol. The molecule has 2 aromatic rings. The van der Waals surface area contributed by atoms with Gasteiger partial charge in [0.1, 0.15) is 0 Å². The van der Waals surface area contributed by atoms with Crippen molar-refractivity contribution < 1.29 is 9.90 Å². The van der Waals surface area contributed by atoms with E-state index in [-0.39, 0.29) is 0 Å². The topological polar surface area (TPSA) is 49.3 Å². The summed E-state index contributed by atoms with van der Waals surface area (Å²) in [5, 5.41) is 12.3. The lowest BCUT2D eigenvalue weighted by Crippen LogP contribution is -2.17. The van der Waals surface area contributed by atoms with Gasteiger partial charge < -0.3 is 10.4 Å². The van der Waals surface area contributed by atoms with Crippen LogP contribution in [-0.2, 0) is 13.0 Å². The van der Waals surface area contributed by atoms with Crippen LogP contribution >= 0.6 is 0 Å². The Labute approximate surface area is 119 Å². The maximum Gasteiger partial charge on any atom is 0.335 e. The van der Waals surface area contributed by atoms with Gasteiger partial charge in [-0.25, -0.2) is 4.79 Å². The molecule has 0 heterocycles. The maximum absolute atomic E-state index is 10.9. The van der Waals surface area contributed by atoms with Crippen LogP contribution in [0.25, 0.3) is 0 Å². The summed E-state index contributed by atoms with van der Waals surface area (Å²) in [6.45, 7) is 3.64. The van der Waals surface area contributed by atoms with Crippen LogP contribution in [0.4, 0.5) is 0 Å². The second-order valence-electron chi connectivity index (χ2n) is 4.92. The molecule has 0 saturated carbocycles. The molecule has 0 radical (unpaired) electrons. The largest absolute Gasteiger partial charge is 0.478 e. The number of carboxylic acids is 1. The van der Waals surface area contributed by atoms with Crippen LogP contribution < -0.4 is 5.32 Å². The summed E-state index contributed by atoms with van der Waals surface area (Å²) in [5.74, 6) is -0.883. The standard InChI is InChI=1S/C17H19NO2/c1-13-5-7-14(8-6-13)9-10-18-12-15-3-2-4-16(11-15)17(19)20/h2-8,11,18H,9-10,12H2,1H3,(H,19,20). The zero-order valence-corrected chi connectivity index (χ0v) is 11.6. The number of carboxylic acid groups (broad SMARTS) is 1. The molecule has 104 valence electrons. The Bertz CT molecular complexity index is 576. The Morgan fingerprint density at radius 2 is 1.85 bits per heavy atom. The number of carbonyl (C=O) groups is 1. The number of aromatic carboxylic acids is 1. The van der Waals surface area contributed by atoms with Crippen LogP contribution in [-0.4, -0.2) is 17.6 Å². The van der Waals surface area contributed by atoms with E-state index in [9.17, 15) is 4.79 Å². The molecule has 2 rings (SSSR count). The van der Waals surface area contributed by atoms with Crippen LogP contribution in [0.1, 0.15) is 27.0 Å². The molecule has 0 bridgehead atoms. The minimum absolute atomic E-state index is 0.336. The molecule has 20 heavy (non-hydrogen) atoms. The summed E-state index contributed by atoms with van der Waals surface area (Å²) < 4.78 is 0. The van der Waals surface area contributed by atoms with Gasteiger partial charge in [0, 0.05) is 6.54 Å².